The standard InChI is InChI=1S/C21H19ClFN5O2/c1-26-18-17(19(29)27(2)21(26)30)28(12-14-5-9-16(23)10-6-14)20(25-18)24-11-13-3-7-15(22)8-4-13/h3-10H,11-12H2,1-2H3,(H,24,25). The molecule has 0 atom stereocenters. The van der Waals surface area contributed by atoms with Crippen molar-refractivity contribution in [1.82, 2.24) is 18.7 Å². The number of aryl methyl sites for hydroxylation is 1. The Morgan fingerprint density at radius 3 is 2.27 bits per heavy atom. The van der Waals surface area contributed by atoms with Gasteiger partial charge in [-0.25, -0.2) is 9.18 Å². The lowest BCUT2D eigenvalue weighted by atomic mass is 10.2. The van der Waals surface area contributed by atoms with E-state index in [1.54, 1.807) is 35.9 Å². The highest BCUT2D eigenvalue weighted by Gasteiger charge is 2.19. The highest BCUT2D eigenvalue weighted by molar-refractivity contribution is 6.30. The van der Waals surface area contributed by atoms with E-state index < -0.39 is 11.2 Å². The molecule has 0 saturated carbocycles. The third kappa shape index (κ3) is 3.61. The lowest BCUT2D eigenvalue weighted by Crippen LogP contribution is -2.37. The number of nitrogens with one attached hydrogen (secondary N) is 1. The molecule has 2 aromatic carbocycles. The van der Waals surface area contributed by atoms with Crippen molar-refractivity contribution in [2.45, 2.75) is 13.1 Å². The van der Waals surface area contributed by atoms with E-state index in [9.17, 15) is 14.0 Å². The monoisotopic (exact) mass is 427 g/mol. The van der Waals surface area contributed by atoms with E-state index in [2.05, 4.69) is 10.3 Å². The van der Waals surface area contributed by atoms with Crippen molar-refractivity contribution in [3.05, 3.63) is 91.3 Å². The van der Waals surface area contributed by atoms with Gasteiger partial charge in [-0.1, -0.05) is 35.9 Å². The van der Waals surface area contributed by atoms with Gasteiger partial charge in [-0.2, -0.15) is 4.98 Å². The molecule has 0 unspecified atom stereocenters. The van der Waals surface area contributed by atoms with Crippen LogP contribution in [0.1, 0.15) is 11.1 Å². The molecule has 0 saturated heterocycles. The largest absolute Gasteiger partial charge is 0.351 e. The van der Waals surface area contributed by atoms with Gasteiger partial charge in [0.15, 0.2) is 11.2 Å². The third-order valence-electron chi connectivity index (χ3n) is 4.97. The topological polar surface area (TPSA) is 73.8 Å². The van der Waals surface area contributed by atoms with Gasteiger partial charge in [0.2, 0.25) is 5.95 Å². The zero-order valence-electron chi connectivity index (χ0n) is 16.4. The van der Waals surface area contributed by atoms with Crippen molar-refractivity contribution >= 4 is 28.7 Å². The molecule has 30 heavy (non-hydrogen) atoms. The highest BCUT2D eigenvalue weighted by atomic mass is 35.5. The minimum atomic E-state index is -0.455. The molecule has 7 nitrogen and oxygen atoms in total. The number of anilines is 1. The minimum absolute atomic E-state index is 0.281. The van der Waals surface area contributed by atoms with Crippen molar-refractivity contribution in [2.75, 3.05) is 5.32 Å². The third-order valence-corrected chi connectivity index (χ3v) is 5.22. The van der Waals surface area contributed by atoms with Crippen LogP contribution in [0.2, 0.25) is 5.02 Å². The first-order valence-corrected chi connectivity index (χ1v) is 9.62. The molecule has 1 N–H and O–H groups in total. The van der Waals surface area contributed by atoms with Crippen molar-refractivity contribution in [1.29, 1.82) is 0 Å². The Morgan fingerprint density at radius 1 is 0.967 bits per heavy atom. The highest BCUT2D eigenvalue weighted by Crippen LogP contribution is 2.19. The number of nitrogens with zero attached hydrogens (tertiary/aromatic N) is 4. The molecule has 0 spiro atoms. The number of halogens is 2. The van der Waals surface area contributed by atoms with Crippen LogP contribution in [0.15, 0.2) is 58.1 Å². The second kappa shape index (κ2) is 7.79. The van der Waals surface area contributed by atoms with Crippen LogP contribution in [0, 0.1) is 5.82 Å². The van der Waals surface area contributed by atoms with E-state index in [1.807, 2.05) is 12.1 Å². The maximum Gasteiger partial charge on any atom is 0.332 e. The summed E-state index contributed by atoms with van der Waals surface area (Å²) < 4.78 is 17.4. The number of imidazole rings is 1. The second-order valence-corrected chi connectivity index (χ2v) is 7.44. The first-order chi connectivity index (χ1) is 14.3. The molecule has 0 fully saturated rings. The summed E-state index contributed by atoms with van der Waals surface area (Å²) in [6.45, 7) is 0.728. The van der Waals surface area contributed by atoms with Gasteiger partial charge in [0.25, 0.3) is 5.56 Å². The van der Waals surface area contributed by atoms with Gasteiger partial charge < -0.3 is 5.32 Å². The molecule has 0 aliphatic carbocycles. The summed E-state index contributed by atoms with van der Waals surface area (Å²) in [5.74, 6) is 0.0937. The van der Waals surface area contributed by atoms with Crippen LogP contribution in [0.25, 0.3) is 11.2 Å². The van der Waals surface area contributed by atoms with Gasteiger partial charge in [0.1, 0.15) is 5.82 Å². The lowest BCUT2D eigenvalue weighted by molar-refractivity contribution is 0.626. The number of aromatic nitrogens is 4. The second-order valence-electron chi connectivity index (χ2n) is 7.01. The summed E-state index contributed by atoms with van der Waals surface area (Å²) in [5.41, 5.74) is 1.44. The molecule has 154 valence electrons. The molecular weight excluding hydrogens is 409 g/mol. The van der Waals surface area contributed by atoms with Crippen LogP contribution in [0.5, 0.6) is 0 Å². The fourth-order valence-corrected chi connectivity index (χ4v) is 3.42. The molecule has 0 aliphatic heterocycles. The number of benzene rings is 2. The zero-order chi connectivity index (χ0) is 21.4. The Morgan fingerprint density at radius 2 is 1.60 bits per heavy atom. The van der Waals surface area contributed by atoms with Crippen molar-refractivity contribution in [2.24, 2.45) is 14.1 Å². The van der Waals surface area contributed by atoms with Gasteiger partial charge in [-0.05, 0) is 35.4 Å². The SMILES string of the molecule is Cn1c(=O)c2c(nc(NCc3ccc(Cl)cc3)n2Cc2ccc(F)cc2)n(C)c1=O. The molecular formula is C21H19ClFN5O2. The normalized spacial score (nSPS) is 11.2. The fourth-order valence-electron chi connectivity index (χ4n) is 3.29. The minimum Gasteiger partial charge on any atom is -0.351 e. The van der Waals surface area contributed by atoms with E-state index in [0.717, 1.165) is 15.7 Å². The molecule has 0 aliphatic rings. The van der Waals surface area contributed by atoms with E-state index in [-0.39, 0.29) is 18.0 Å². The van der Waals surface area contributed by atoms with Crippen molar-refractivity contribution in [3.8, 4) is 0 Å². The molecule has 4 aromatic rings. The van der Waals surface area contributed by atoms with E-state index in [4.69, 9.17) is 11.6 Å². The molecule has 0 radical (unpaired) electrons. The summed E-state index contributed by atoms with van der Waals surface area (Å²) in [7, 11) is 3.00. The Balaban J connectivity index is 1.82. The summed E-state index contributed by atoms with van der Waals surface area (Å²) in [6, 6.07) is 13.4. The quantitative estimate of drug-likeness (QED) is 0.531. The fraction of sp³-hybridized carbons (Fsp3) is 0.190. The summed E-state index contributed by atoms with van der Waals surface area (Å²) in [4.78, 5) is 29.7. The Hall–Kier alpha value is -3.39. The Kier molecular flexibility index (Phi) is 5.17. The molecule has 9 heteroatoms. The first kappa shape index (κ1) is 19.9. The molecule has 2 heterocycles. The zero-order valence-corrected chi connectivity index (χ0v) is 17.2. The lowest BCUT2D eigenvalue weighted by Gasteiger charge is -2.11. The van der Waals surface area contributed by atoms with Gasteiger partial charge >= 0.3 is 5.69 Å². The van der Waals surface area contributed by atoms with Gasteiger partial charge in [-0.3, -0.25) is 18.5 Å². The van der Waals surface area contributed by atoms with E-state index in [0.29, 0.717) is 23.0 Å². The first-order valence-electron chi connectivity index (χ1n) is 9.24. The van der Waals surface area contributed by atoms with Crippen LogP contribution in [0.4, 0.5) is 10.3 Å². The van der Waals surface area contributed by atoms with E-state index in [1.165, 1.54) is 23.7 Å². The van der Waals surface area contributed by atoms with Gasteiger partial charge in [-0.15, -0.1) is 0 Å². The van der Waals surface area contributed by atoms with Crippen molar-refractivity contribution in [3.63, 3.8) is 0 Å². The predicted molar refractivity (Wildman–Crippen MR) is 114 cm³/mol. The maximum absolute atomic E-state index is 13.3. The van der Waals surface area contributed by atoms with Crippen LogP contribution in [-0.2, 0) is 27.2 Å². The molecule has 0 bridgehead atoms. The predicted octanol–water partition coefficient (Wildman–Crippen LogP) is 2.89. The average Bonchev–Trinajstić information content (AvgIpc) is 3.10. The summed E-state index contributed by atoms with van der Waals surface area (Å²) in [5, 5.41) is 3.87. The van der Waals surface area contributed by atoms with Crippen LogP contribution >= 0.6 is 11.6 Å². The van der Waals surface area contributed by atoms with Crippen LogP contribution < -0.4 is 16.6 Å². The van der Waals surface area contributed by atoms with Crippen LogP contribution in [0.3, 0.4) is 0 Å². The summed E-state index contributed by atoms with van der Waals surface area (Å²) >= 11 is 5.94. The number of fused-ring (bicyclic) bond motifs is 1. The Bertz CT molecular complexity index is 1340. The molecule has 2 aromatic heterocycles. The van der Waals surface area contributed by atoms with Gasteiger partial charge in [0, 0.05) is 25.7 Å². The average molecular weight is 428 g/mol. The van der Waals surface area contributed by atoms with Crippen LogP contribution in [-0.4, -0.2) is 18.7 Å². The van der Waals surface area contributed by atoms with E-state index >= 15 is 0 Å². The summed E-state index contributed by atoms with van der Waals surface area (Å²) in [6.07, 6.45) is 0. The maximum atomic E-state index is 13.3. The van der Waals surface area contributed by atoms with Crippen molar-refractivity contribution < 1.29 is 4.39 Å². The van der Waals surface area contributed by atoms with Gasteiger partial charge in [0.05, 0.1) is 6.54 Å². The molecule has 0 amide bonds. The number of hydrogen-bond donors (Lipinski definition) is 1. The Labute approximate surface area is 176 Å². The number of hydrogen-bond acceptors (Lipinski definition) is 4. The number of rotatable bonds is 5. The molecule has 4 rings (SSSR count). The smallest absolute Gasteiger partial charge is 0.332 e.